The molecule has 1 heterocycles. The largest absolute Gasteiger partial charge is 0.497 e. The molecule has 1 aliphatic heterocycles. The molecule has 230 valence electrons. The maximum absolute atomic E-state index is 14.1. The molecule has 0 aliphatic carbocycles. The van der Waals surface area contributed by atoms with E-state index in [9.17, 15) is 18.0 Å². The summed E-state index contributed by atoms with van der Waals surface area (Å²) in [5.41, 5.74) is 2.40. The van der Waals surface area contributed by atoms with Gasteiger partial charge in [-0.15, -0.1) is 0 Å². The number of hydrogen-bond donors (Lipinski definition) is 1. The van der Waals surface area contributed by atoms with Crippen LogP contribution in [0.15, 0.2) is 95.9 Å². The quantitative estimate of drug-likeness (QED) is 0.209. The molecule has 0 saturated carbocycles. The molecule has 1 N–H and O–H groups in total. The van der Waals surface area contributed by atoms with Crippen molar-refractivity contribution in [3.63, 3.8) is 0 Å². The van der Waals surface area contributed by atoms with Crippen molar-refractivity contribution in [2.45, 2.75) is 63.1 Å². The van der Waals surface area contributed by atoms with E-state index < -0.39 is 16.1 Å². The molecule has 4 aromatic rings. The predicted molar refractivity (Wildman–Crippen MR) is 173 cm³/mol. The molecule has 0 aromatic heterocycles. The van der Waals surface area contributed by atoms with E-state index in [2.05, 4.69) is 5.32 Å². The number of amides is 2. The van der Waals surface area contributed by atoms with Crippen molar-refractivity contribution >= 4 is 38.3 Å². The molecule has 0 radical (unpaired) electrons. The topological polar surface area (TPSA) is 96.0 Å². The summed E-state index contributed by atoms with van der Waals surface area (Å²) in [7, 11) is -2.14. The summed E-state index contributed by atoms with van der Waals surface area (Å²) >= 11 is 0. The Hall–Kier alpha value is -4.37. The van der Waals surface area contributed by atoms with Crippen molar-refractivity contribution in [1.82, 2.24) is 10.2 Å². The summed E-state index contributed by atoms with van der Waals surface area (Å²) in [6.45, 7) is 4.30. The number of carbonyl (C=O) groups is 2. The van der Waals surface area contributed by atoms with Crippen LogP contribution in [0.2, 0.25) is 0 Å². The normalized spacial score (nSPS) is 14.7. The summed E-state index contributed by atoms with van der Waals surface area (Å²) in [6, 6.07) is 27.1. The van der Waals surface area contributed by atoms with Gasteiger partial charge in [-0.2, -0.15) is 0 Å². The van der Waals surface area contributed by atoms with Gasteiger partial charge in [0.2, 0.25) is 11.8 Å². The highest BCUT2D eigenvalue weighted by Crippen LogP contribution is 2.42. The molecule has 0 spiro atoms. The zero-order chi connectivity index (χ0) is 31.3. The number of nitrogens with zero attached hydrogens (tertiary/aromatic N) is 2. The first-order valence-corrected chi connectivity index (χ1v) is 16.5. The summed E-state index contributed by atoms with van der Waals surface area (Å²) in [5.74, 6) is 0.218. The van der Waals surface area contributed by atoms with E-state index in [1.54, 1.807) is 24.1 Å². The van der Waals surface area contributed by atoms with Crippen molar-refractivity contribution in [3.05, 3.63) is 102 Å². The average molecular weight is 614 g/mol. The first-order chi connectivity index (χ1) is 21.2. The zero-order valence-electron chi connectivity index (χ0n) is 25.4. The highest BCUT2D eigenvalue weighted by molar-refractivity contribution is 7.93. The molecule has 0 fully saturated rings. The van der Waals surface area contributed by atoms with E-state index in [-0.39, 0.29) is 37.4 Å². The monoisotopic (exact) mass is 613 g/mol. The fourth-order valence-corrected chi connectivity index (χ4v) is 7.43. The molecule has 2 atom stereocenters. The Balaban J connectivity index is 1.41. The summed E-state index contributed by atoms with van der Waals surface area (Å²) in [6.07, 6.45) is 1.47. The SMILES string of the molecule is CC[C@H](C)NC(=O)[C@H](Cc1ccccc1)N(Cc1cccc(OC)c1)C(=O)CCCN1c2cccc3cccc(c23)S1(=O)=O. The second kappa shape index (κ2) is 13.5. The summed E-state index contributed by atoms with van der Waals surface area (Å²) in [4.78, 5) is 29.8. The van der Waals surface area contributed by atoms with E-state index in [0.29, 0.717) is 34.6 Å². The lowest BCUT2D eigenvalue weighted by Gasteiger charge is -2.32. The van der Waals surface area contributed by atoms with Crippen LogP contribution in [0, 0.1) is 0 Å². The van der Waals surface area contributed by atoms with Crippen LogP contribution in [0.3, 0.4) is 0 Å². The number of sulfonamides is 1. The highest BCUT2D eigenvalue weighted by Gasteiger charge is 2.36. The maximum Gasteiger partial charge on any atom is 0.265 e. The van der Waals surface area contributed by atoms with Gasteiger partial charge >= 0.3 is 0 Å². The number of rotatable bonds is 13. The van der Waals surface area contributed by atoms with Gasteiger partial charge in [0.25, 0.3) is 10.0 Å². The van der Waals surface area contributed by atoms with Gasteiger partial charge < -0.3 is 15.0 Å². The molecule has 2 amide bonds. The van der Waals surface area contributed by atoms with Gasteiger partial charge in [0.15, 0.2) is 0 Å². The number of nitrogens with one attached hydrogen (secondary N) is 1. The van der Waals surface area contributed by atoms with Crippen molar-refractivity contribution in [1.29, 1.82) is 0 Å². The van der Waals surface area contributed by atoms with Crippen LogP contribution < -0.4 is 14.4 Å². The van der Waals surface area contributed by atoms with Crippen molar-refractivity contribution < 1.29 is 22.7 Å². The second-order valence-corrected chi connectivity index (χ2v) is 13.0. The van der Waals surface area contributed by atoms with E-state index in [1.165, 1.54) is 4.31 Å². The predicted octanol–water partition coefficient (Wildman–Crippen LogP) is 5.69. The number of ether oxygens (including phenoxy) is 1. The third kappa shape index (κ3) is 6.58. The molecule has 44 heavy (non-hydrogen) atoms. The third-order valence-corrected chi connectivity index (χ3v) is 10.0. The molecule has 1 aliphatic rings. The van der Waals surface area contributed by atoms with Crippen LogP contribution in [0.25, 0.3) is 10.8 Å². The minimum absolute atomic E-state index is 0.0562. The Bertz CT molecular complexity index is 1740. The lowest BCUT2D eigenvalue weighted by molar-refractivity contribution is -0.141. The lowest BCUT2D eigenvalue weighted by Crippen LogP contribution is -2.52. The Morgan fingerprint density at radius 1 is 0.932 bits per heavy atom. The highest BCUT2D eigenvalue weighted by atomic mass is 32.2. The number of benzene rings is 4. The Labute approximate surface area is 259 Å². The third-order valence-electron chi connectivity index (χ3n) is 8.19. The van der Waals surface area contributed by atoms with Gasteiger partial charge in [0, 0.05) is 37.4 Å². The molecule has 0 unspecified atom stereocenters. The Morgan fingerprint density at radius 3 is 2.36 bits per heavy atom. The van der Waals surface area contributed by atoms with E-state index in [0.717, 1.165) is 22.9 Å². The van der Waals surface area contributed by atoms with Crippen LogP contribution in [-0.4, -0.2) is 50.9 Å². The van der Waals surface area contributed by atoms with Crippen LogP contribution >= 0.6 is 0 Å². The van der Waals surface area contributed by atoms with E-state index >= 15 is 0 Å². The van der Waals surface area contributed by atoms with Crippen LogP contribution in [0.1, 0.15) is 44.2 Å². The Kier molecular flexibility index (Phi) is 9.54. The molecular formula is C35H39N3O5S. The summed E-state index contributed by atoms with van der Waals surface area (Å²) in [5, 5.41) is 4.66. The standard InChI is InChI=1S/C35H39N3O5S/c1-4-25(2)36-35(40)31(23-26-12-6-5-7-13-26)37(24-27-14-8-17-29(22-27)43-3)33(39)20-11-21-38-30-18-9-15-28-16-10-19-32(34(28)30)44(38,41)42/h5-10,12-19,22,25,31H,4,11,20-21,23-24H2,1-3H3,(H,36,40)/t25-,31-/m0/s1. The van der Waals surface area contributed by atoms with Gasteiger partial charge in [-0.3, -0.25) is 13.9 Å². The van der Waals surface area contributed by atoms with Gasteiger partial charge in [-0.25, -0.2) is 8.42 Å². The van der Waals surface area contributed by atoms with Crippen LogP contribution in [0.5, 0.6) is 5.75 Å². The fraction of sp³-hybridized carbons (Fsp3) is 0.314. The van der Waals surface area contributed by atoms with Crippen molar-refractivity contribution in [2.24, 2.45) is 0 Å². The van der Waals surface area contributed by atoms with E-state index in [4.69, 9.17) is 4.74 Å². The minimum atomic E-state index is -3.73. The van der Waals surface area contributed by atoms with Gasteiger partial charge in [0.1, 0.15) is 11.8 Å². The number of carbonyl (C=O) groups excluding carboxylic acids is 2. The van der Waals surface area contributed by atoms with Gasteiger partial charge in [-0.05, 0) is 60.5 Å². The van der Waals surface area contributed by atoms with Crippen molar-refractivity contribution in [2.75, 3.05) is 18.0 Å². The molecule has 0 bridgehead atoms. The molecular weight excluding hydrogens is 574 g/mol. The van der Waals surface area contributed by atoms with Crippen LogP contribution in [0.4, 0.5) is 5.69 Å². The number of methoxy groups -OCH3 is 1. The molecule has 9 heteroatoms. The smallest absolute Gasteiger partial charge is 0.265 e. The zero-order valence-corrected chi connectivity index (χ0v) is 26.2. The first-order valence-electron chi connectivity index (χ1n) is 15.0. The second-order valence-electron chi connectivity index (χ2n) is 11.2. The fourth-order valence-electron chi connectivity index (χ4n) is 5.68. The lowest BCUT2D eigenvalue weighted by atomic mass is 10.0. The average Bonchev–Trinajstić information content (AvgIpc) is 3.26. The molecule has 4 aromatic carbocycles. The van der Waals surface area contributed by atoms with Gasteiger partial charge in [0.05, 0.1) is 17.7 Å². The minimum Gasteiger partial charge on any atom is -0.497 e. The molecule has 8 nitrogen and oxygen atoms in total. The van der Waals surface area contributed by atoms with E-state index in [1.807, 2.05) is 92.7 Å². The van der Waals surface area contributed by atoms with Gasteiger partial charge in [-0.1, -0.05) is 73.7 Å². The Morgan fingerprint density at radius 2 is 1.64 bits per heavy atom. The summed E-state index contributed by atoms with van der Waals surface area (Å²) < 4.78 is 33.8. The first kappa shape index (κ1) is 31.1. The maximum atomic E-state index is 14.1. The molecule has 5 rings (SSSR count). The molecule has 0 saturated heterocycles. The number of anilines is 1. The van der Waals surface area contributed by atoms with Crippen molar-refractivity contribution in [3.8, 4) is 5.75 Å². The van der Waals surface area contributed by atoms with Crippen LogP contribution in [-0.2, 0) is 32.6 Å². The number of hydrogen-bond acceptors (Lipinski definition) is 5.